The lowest BCUT2D eigenvalue weighted by Gasteiger charge is -2.12. The fraction of sp³-hybridized carbons (Fsp3) is 0. The van der Waals surface area contributed by atoms with Gasteiger partial charge in [-0.25, -0.2) is 9.97 Å². The zero-order valence-corrected chi connectivity index (χ0v) is 32.2. The highest BCUT2D eigenvalue weighted by Gasteiger charge is 2.18. The Kier molecular flexibility index (Phi) is 7.27. The summed E-state index contributed by atoms with van der Waals surface area (Å²) in [4.78, 5) is 10.6. The van der Waals surface area contributed by atoms with Crippen molar-refractivity contribution < 1.29 is 0 Å². The summed E-state index contributed by atoms with van der Waals surface area (Å²) in [5, 5.41) is 7.60. The monoisotopic (exact) mass is 761 g/mol. The average Bonchev–Trinajstić information content (AvgIpc) is 3.95. The molecule has 0 saturated carbocycles. The second-order valence-electron chi connectivity index (χ2n) is 14.5. The van der Waals surface area contributed by atoms with Crippen LogP contribution in [0.2, 0.25) is 0 Å². The average molecular weight is 762 g/mol. The number of rotatable bonds is 5. The van der Waals surface area contributed by atoms with E-state index < -0.39 is 0 Å². The van der Waals surface area contributed by atoms with Gasteiger partial charge in [0.25, 0.3) is 0 Å². The molecule has 12 aromatic rings. The Balaban J connectivity index is 1.05. The number of aromatic nitrogens is 3. The summed E-state index contributed by atoms with van der Waals surface area (Å²) < 4.78 is 7.45. The minimum Gasteiger partial charge on any atom is -0.309 e. The van der Waals surface area contributed by atoms with Crippen LogP contribution in [0.25, 0.3) is 113 Å². The Labute approximate surface area is 336 Å². The molecule has 3 nitrogen and oxygen atoms in total. The summed E-state index contributed by atoms with van der Waals surface area (Å²) >= 11 is 3.65. The molecule has 0 amide bonds. The smallest absolute Gasteiger partial charge is 0.160 e. The largest absolute Gasteiger partial charge is 0.309 e. The third-order valence-corrected chi connectivity index (χ3v) is 13.5. The van der Waals surface area contributed by atoms with Crippen molar-refractivity contribution >= 4 is 84.8 Å². The number of para-hydroxylation sites is 2. The highest BCUT2D eigenvalue weighted by Crippen LogP contribution is 2.41. The van der Waals surface area contributed by atoms with E-state index in [2.05, 4.69) is 193 Å². The third kappa shape index (κ3) is 5.24. The SMILES string of the molecule is c1ccc(-n2c3ccccc3c3c(-c4cccc(-c5cc(-c6ccc7c(c6)sc6ccccc67)nc(-c6ccc7c(c6)sc6ccccc67)n5)c4)cccc32)cc1. The lowest BCUT2D eigenvalue weighted by atomic mass is 9.96. The predicted octanol–water partition coefficient (Wildman–Crippen LogP) is 15.0. The molecule has 4 heterocycles. The summed E-state index contributed by atoms with van der Waals surface area (Å²) in [6, 6.07) is 67.8. The number of fused-ring (bicyclic) bond motifs is 9. The van der Waals surface area contributed by atoms with Gasteiger partial charge < -0.3 is 4.57 Å². The van der Waals surface area contributed by atoms with Crippen LogP contribution >= 0.6 is 22.7 Å². The van der Waals surface area contributed by atoms with Crippen molar-refractivity contribution in [3.05, 3.63) is 188 Å². The second kappa shape index (κ2) is 12.8. The standard InChI is InChI=1S/C52H31N3S2/c1-2-14-36(15-3-1)55-45-20-7-4-18-42(45)51-37(19-11-21-46(51)55)32-12-10-13-33(28-32)43-31-44(34-24-26-40-38-16-5-8-22-47(38)56-49(40)29-34)54-52(53-43)35-25-27-41-39-17-6-9-23-48(39)57-50(41)30-35/h1-31H. The van der Waals surface area contributed by atoms with E-state index in [4.69, 9.17) is 9.97 Å². The van der Waals surface area contributed by atoms with Crippen LogP contribution in [-0.4, -0.2) is 14.5 Å². The lowest BCUT2D eigenvalue weighted by molar-refractivity contribution is 1.18. The van der Waals surface area contributed by atoms with Gasteiger partial charge in [-0.05, 0) is 71.8 Å². The van der Waals surface area contributed by atoms with Crippen LogP contribution in [0.4, 0.5) is 0 Å². The minimum atomic E-state index is 0.719. The summed E-state index contributed by atoms with van der Waals surface area (Å²) in [6.07, 6.45) is 0. The Hall–Kier alpha value is -6.92. The summed E-state index contributed by atoms with van der Waals surface area (Å²) in [6.45, 7) is 0. The van der Waals surface area contributed by atoms with Gasteiger partial charge in [0.2, 0.25) is 0 Å². The molecule has 0 fully saturated rings. The minimum absolute atomic E-state index is 0.719. The molecule has 57 heavy (non-hydrogen) atoms. The number of hydrogen-bond acceptors (Lipinski definition) is 4. The number of benzene rings is 8. The van der Waals surface area contributed by atoms with E-state index in [1.54, 1.807) is 0 Å². The molecule has 0 bridgehead atoms. The van der Waals surface area contributed by atoms with Crippen molar-refractivity contribution in [1.29, 1.82) is 0 Å². The molecule has 0 atom stereocenters. The molecule has 0 radical (unpaired) electrons. The van der Waals surface area contributed by atoms with Crippen molar-refractivity contribution in [2.45, 2.75) is 0 Å². The van der Waals surface area contributed by atoms with E-state index in [-0.39, 0.29) is 0 Å². The molecule has 0 spiro atoms. The van der Waals surface area contributed by atoms with Crippen molar-refractivity contribution in [2.75, 3.05) is 0 Å². The van der Waals surface area contributed by atoms with E-state index in [1.165, 1.54) is 67.7 Å². The molecule has 266 valence electrons. The van der Waals surface area contributed by atoms with Gasteiger partial charge >= 0.3 is 0 Å². The van der Waals surface area contributed by atoms with Gasteiger partial charge in [0.1, 0.15) is 0 Å². The molecule has 12 rings (SSSR count). The topological polar surface area (TPSA) is 30.7 Å². The normalized spacial score (nSPS) is 11.9. The van der Waals surface area contributed by atoms with Crippen LogP contribution in [0.1, 0.15) is 0 Å². The van der Waals surface area contributed by atoms with Crippen LogP contribution in [0.15, 0.2) is 188 Å². The maximum Gasteiger partial charge on any atom is 0.160 e. The van der Waals surface area contributed by atoms with E-state index in [0.717, 1.165) is 45.2 Å². The lowest BCUT2D eigenvalue weighted by Crippen LogP contribution is -1.96. The van der Waals surface area contributed by atoms with Crippen molar-refractivity contribution in [3.8, 4) is 50.7 Å². The summed E-state index contributed by atoms with van der Waals surface area (Å²) in [7, 11) is 0. The molecule has 4 aromatic heterocycles. The molecule has 0 unspecified atom stereocenters. The molecule has 5 heteroatoms. The number of nitrogens with zero attached hydrogens (tertiary/aromatic N) is 3. The van der Waals surface area contributed by atoms with Gasteiger partial charge in [0.15, 0.2) is 5.82 Å². The highest BCUT2D eigenvalue weighted by atomic mass is 32.1. The number of hydrogen-bond donors (Lipinski definition) is 0. The quantitative estimate of drug-likeness (QED) is 0.175. The molecule has 0 aliphatic heterocycles. The predicted molar refractivity (Wildman–Crippen MR) is 244 cm³/mol. The Morgan fingerprint density at radius 1 is 0.351 bits per heavy atom. The van der Waals surface area contributed by atoms with Crippen LogP contribution in [0, 0.1) is 0 Å². The molecule has 0 aliphatic rings. The van der Waals surface area contributed by atoms with Crippen LogP contribution in [0.5, 0.6) is 0 Å². The fourth-order valence-corrected chi connectivity index (χ4v) is 10.9. The Morgan fingerprint density at radius 3 is 1.63 bits per heavy atom. The first-order valence-electron chi connectivity index (χ1n) is 19.1. The molecular formula is C52H31N3S2. The molecule has 0 aliphatic carbocycles. The van der Waals surface area contributed by atoms with Gasteiger partial charge in [0, 0.05) is 73.5 Å². The van der Waals surface area contributed by atoms with Gasteiger partial charge in [0.05, 0.1) is 22.4 Å². The first-order chi connectivity index (χ1) is 28.2. The maximum atomic E-state index is 5.34. The molecule has 0 N–H and O–H groups in total. The van der Waals surface area contributed by atoms with E-state index in [9.17, 15) is 0 Å². The first kappa shape index (κ1) is 32.3. The van der Waals surface area contributed by atoms with Crippen molar-refractivity contribution in [2.24, 2.45) is 0 Å². The van der Waals surface area contributed by atoms with E-state index >= 15 is 0 Å². The molecule has 0 saturated heterocycles. The molecule has 8 aromatic carbocycles. The molecular weight excluding hydrogens is 731 g/mol. The van der Waals surface area contributed by atoms with Crippen LogP contribution < -0.4 is 0 Å². The van der Waals surface area contributed by atoms with E-state index in [1.807, 2.05) is 22.7 Å². The second-order valence-corrected chi connectivity index (χ2v) is 16.7. The Morgan fingerprint density at radius 2 is 0.895 bits per heavy atom. The maximum absolute atomic E-state index is 5.34. The van der Waals surface area contributed by atoms with Crippen LogP contribution in [0.3, 0.4) is 0 Å². The number of thiophene rings is 2. The zero-order chi connectivity index (χ0) is 37.5. The van der Waals surface area contributed by atoms with E-state index in [0.29, 0.717) is 0 Å². The Bertz CT molecular complexity index is 3400. The van der Waals surface area contributed by atoms with Gasteiger partial charge in [-0.3, -0.25) is 0 Å². The van der Waals surface area contributed by atoms with Crippen LogP contribution in [-0.2, 0) is 0 Å². The third-order valence-electron chi connectivity index (χ3n) is 11.2. The van der Waals surface area contributed by atoms with Crippen molar-refractivity contribution in [1.82, 2.24) is 14.5 Å². The van der Waals surface area contributed by atoms with Gasteiger partial charge in [-0.15, -0.1) is 22.7 Å². The summed E-state index contributed by atoms with van der Waals surface area (Å²) in [5.41, 5.74) is 10.8. The highest BCUT2D eigenvalue weighted by molar-refractivity contribution is 7.26. The summed E-state index contributed by atoms with van der Waals surface area (Å²) in [5.74, 6) is 0.719. The zero-order valence-electron chi connectivity index (χ0n) is 30.6. The van der Waals surface area contributed by atoms with Gasteiger partial charge in [-0.1, -0.05) is 127 Å². The fourth-order valence-electron chi connectivity index (χ4n) is 8.58. The van der Waals surface area contributed by atoms with Crippen molar-refractivity contribution in [3.63, 3.8) is 0 Å². The first-order valence-corrected chi connectivity index (χ1v) is 20.8. The van der Waals surface area contributed by atoms with Gasteiger partial charge in [-0.2, -0.15) is 0 Å².